The zero-order chi connectivity index (χ0) is 12.9. The summed E-state index contributed by atoms with van der Waals surface area (Å²) in [7, 11) is 0. The second-order valence-electron chi connectivity index (χ2n) is 3.95. The van der Waals surface area contributed by atoms with E-state index in [9.17, 15) is 9.59 Å². The first kappa shape index (κ1) is 15.6. The maximum Gasteiger partial charge on any atom is 0.304 e. The van der Waals surface area contributed by atoms with Gasteiger partial charge in [0.25, 0.3) is 0 Å². The van der Waals surface area contributed by atoms with Crippen LogP contribution in [0.5, 0.6) is 0 Å². The maximum absolute atomic E-state index is 10.6. The van der Waals surface area contributed by atoms with Crippen molar-refractivity contribution >= 4 is 18.5 Å². The van der Waals surface area contributed by atoms with Crippen LogP contribution in [0.3, 0.4) is 0 Å². The molecule has 0 aliphatic carbocycles. The lowest BCUT2D eigenvalue weighted by Crippen LogP contribution is -2.08. The third kappa shape index (κ3) is 10.8. The average Bonchev–Trinajstić information content (AvgIpc) is 2.30. The minimum atomic E-state index is -0.902. The molecule has 96 valence electrons. The SMILES string of the molecule is C/C=C\N=CCCCCCC(C=O)CC(=O)O. The predicted octanol–water partition coefficient (Wildman–Crippen LogP) is 2.83. The van der Waals surface area contributed by atoms with Gasteiger partial charge in [-0.05, 0) is 26.2 Å². The number of hydrogen-bond acceptors (Lipinski definition) is 3. The summed E-state index contributed by atoms with van der Waals surface area (Å²) in [4.78, 5) is 25.0. The zero-order valence-electron chi connectivity index (χ0n) is 10.3. The van der Waals surface area contributed by atoms with E-state index in [2.05, 4.69) is 4.99 Å². The summed E-state index contributed by atoms with van der Waals surface area (Å²) in [5, 5.41) is 8.56. The first-order valence-electron chi connectivity index (χ1n) is 6.00. The number of allylic oxidation sites excluding steroid dienone is 1. The monoisotopic (exact) mass is 239 g/mol. The van der Waals surface area contributed by atoms with Crippen LogP contribution >= 0.6 is 0 Å². The molecule has 0 saturated heterocycles. The summed E-state index contributed by atoms with van der Waals surface area (Å²) in [5.74, 6) is -1.23. The van der Waals surface area contributed by atoms with Crippen molar-refractivity contribution in [3.05, 3.63) is 12.3 Å². The van der Waals surface area contributed by atoms with Crippen molar-refractivity contribution in [1.29, 1.82) is 0 Å². The van der Waals surface area contributed by atoms with Gasteiger partial charge in [-0.3, -0.25) is 9.79 Å². The minimum absolute atomic E-state index is 0.0494. The average molecular weight is 239 g/mol. The Bertz CT molecular complexity index is 272. The fourth-order valence-electron chi connectivity index (χ4n) is 1.48. The minimum Gasteiger partial charge on any atom is -0.481 e. The van der Waals surface area contributed by atoms with Crippen molar-refractivity contribution in [1.82, 2.24) is 0 Å². The lowest BCUT2D eigenvalue weighted by atomic mass is 9.99. The van der Waals surface area contributed by atoms with Crippen molar-refractivity contribution < 1.29 is 14.7 Å². The van der Waals surface area contributed by atoms with E-state index in [1.54, 1.807) is 6.20 Å². The Morgan fingerprint density at radius 2 is 2.12 bits per heavy atom. The number of aliphatic carboxylic acids is 1. The molecule has 0 aliphatic heterocycles. The molecule has 1 unspecified atom stereocenters. The third-order valence-electron chi connectivity index (χ3n) is 2.38. The smallest absolute Gasteiger partial charge is 0.304 e. The van der Waals surface area contributed by atoms with E-state index in [1.165, 1.54) is 0 Å². The molecule has 4 heteroatoms. The first-order valence-corrected chi connectivity index (χ1v) is 6.00. The molecule has 0 aromatic carbocycles. The first-order chi connectivity index (χ1) is 8.20. The fraction of sp³-hybridized carbons (Fsp3) is 0.615. The van der Waals surface area contributed by atoms with Crippen LogP contribution in [0.15, 0.2) is 17.3 Å². The molecule has 0 fully saturated rings. The molecule has 4 nitrogen and oxygen atoms in total. The van der Waals surface area contributed by atoms with Crippen molar-refractivity contribution in [3.8, 4) is 0 Å². The number of carboxylic acid groups (broad SMARTS) is 1. The van der Waals surface area contributed by atoms with Crippen LogP contribution in [0.2, 0.25) is 0 Å². The van der Waals surface area contributed by atoms with Crippen LogP contribution in [-0.4, -0.2) is 23.6 Å². The van der Waals surface area contributed by atoms with E-state index in [0.29, 0.717) is 6.42 Å². The van der Waals surface area contributed by atoms with Gasteiger partial charge in [-0.1, -0.05) is 18.9 Å². The molecule has 0 amide bonds. The third-order valence-corrected chi connectivity index (χ3v) is 2.38. The number of carboxylic acids is 1. The number of hydrogen-bond donors (Lipinski definition) is 1. The van der Waals surface area contributed by atoms with Gasteiger partial charge >= 0.3 is 5.97 Å². The van der Waals surface area contributed by atoms with Gasteiger partial charge in [0.1, 0.15) is 6.29 Å². The van der Waals surface area contributed by atoms with Crippen LogP contribution in [0.1, 0.15) is 45.4 Å². The van der Waals surface area contributed by atoms with E-state index in [-0.39, 0.29) is 12.3 Å². The Kier molecular flexibility index (Phi) is 10.1. The molecule has 0 aliphatic rings. The lowest BCUT2D eigenvalue weighted by Gasteiger charge is -2.06. The summed E-state index contributed by atoms with van der Waals surface area (Å²) in [6.45, 7) is 1.92. The highest BCUT2D eigenvalue weighted by Gasteiger charge is 2.11. The van der Waals surface area contributed by atoms with Gasteiger partial charge in [-0.25, -0.2) is 0 Å². The van der Waals surface area contributed by atoms with Gasteiger partial charge in [0.05, 0.1) is 6.42 Å². The molecule has 0 aromatic rings. The van der Waals surface area contributed by atoms with Crippen LogP contribution in [-0.2, 0) is 9.59 Å². The number of rotatable bonds is 10. The molecular formula is C13H21NO3. The summed E-state index contributed by atoms with van der Waals surface area (Å²) >= 11 is 0. The van der Waals surface area contributed by atoms with Gasteiger partial charge in [0.15, 0.2) is 0 Å². The van der Waals surface area contributed by atoms with Gasteiger partial charge in [-0.2, -0.15) is 0 Å². The molecule has 0 heterocycles. The van der Waals surface area contributed by atoms with Gasteiger partial charge < -0.3 is 9.90 Å². The molecular weight excluding hydrogens is 218 g/mol. The second-order valence-corrected chi connectivity index (χ2v) is 3.95. The number of aliphatic imine (C=N–C) groups is 1. The fourth-order valence-corrected chi connectivity index (χ4v) is 1.48. The standard InChI is InChI=1S/C13H21NO3/c1-2-8-14-9-6-4-3-5-7-12(11-15)10-13(16)17/h2,8-9,11-12H,3-7,10H2,1H3,(H,16,17)/b8-2-,14-9?. The molecule has 0 bridgehead atoms. The molecule has 1 atom stereocenters. The van der Waals surface area contributed by atoms with Crippen LogP contribution in [0.25, 0.3) is 0 Å². The summed E-state index contributed by atoms with van der Waals surface area (Å²) in [6, 6.07) is 0. The number of unbranched alkanes of at least 4 members (excludes halogenated alkanes) is 3. The number of nitrogens with zero attached hydrogens (tertiary/aromatic N) is 1. The lowest BCUT2D eigenvalue weighted by molar-refractivity contribution is -0.139. The van der Waals surface area contributed by atoms with Crippen molar-refractivity contribution in [2.45, 2.75) is 45.4 Å². The highest BCUT2D eigenvalue weighted by Crippen LogP contribution is 2.12. The molecule has 0 aromatic heterocycles. The topological polar surface area (TPSA) is 66.7 Å². The van der Waals surface area contributed by atoms with E-state index < -0.39 is 5.97 Å². The molecule has 1 N–H and O–H groups in total. The van der Waals surface area contributed by atoms with Crippen molar-refractivity contribution in [2.75, 3.05) is 0 Å². The van der Waals surface area contributed by atoms with E-state index in [0.717, 1.165) is 32.0 Å². The Labute approximate surface area is 102 Å². The Morgan fingerprint density at radius 1 is 1.35 bits per heavy atom. The summed E-state index contributed by atoms with van der Waals surface area (Å²) < 4.78 is 0. The van der Waals surface area contributed by atoms with E-state index in [1.807, 2.05) is 19.2 Å². The van der Waals surface area contributed by atoms with Crippen molar-refractivity contribution in [3.63, 3.8) is 0 Å². The van der Waals surface area contributed by atoms with Gasteiger partial charge in [0.2, 0.25) is 0 Å². The van der Waals surface area contributed by atoms with Gasteiger partial charge in [-0.15, -0.1) is 0 Å². The van der Waals surface area contributed by atoms with E-state index >= 15 is 0 Å². The summed E-state index contributed by atoms with van der Waals surface area (Å²) in [5.41, 5.74) is 0. The maximum atomic E-state index is 10.6. The van der Waals surface area contributed by atoms with Gasteiger partial charge in [0, 0.05) is 18.3 Å². The second kappa shape index (κ2) is 11.0. The van der Waals surface area contributed by atoms with Crippen LogP contribution in [0.4, 0.5) is 0 Å². The number of carbonyl (C=O) groups excluding carboxylic acids is 1. The van der Waals surface area contributed by atoms with E-state index in [4.69, 9.17) is 5.11 Å². The summed E-state index contributed by atoms with van der Waals surface area (Å²) in [6.07, 6.45) is 10.7. The Balaban J connectivity index is 3.49. The zero-order valence-corrected chi connectivity index (χ0v) is 10.3. The highest BCUT2D eigenvalue weighted by atomic mass is 16.4. The molecule has 17 heavy (non-hydrogen) atoms. The van der Waals surface area contributed by atoms with Crippen molar-refractivity contribution in [2.24, 2.45) is 10.9 Å². The number of aldehydes is 1. The predicted molar refractivity (Wildman–Crippen MR) is 68.2 cm³/mol. The molecule has 0 saturated carbocycles. The Hall–Kier alpha value is -1.45. The van der Waals surface area contributed by atoms with Crippen LogP contribution in [0, 0.1) is 5.92 Å². The quantitative estimate of drug-likeness (QED) is 0.362. The largest absolute Gasteiger partial charge is 0.481 e. The highest BCUT2D eigenvalue weighted by molar-refractivity contribution is 5.71. The molecule has 0 spiro atoms. The Morgan fingerprint density at radius 3 is 2.71 bits per heavy atom. The number of carbonyl (C=O) groups is 2. The normalized spacial score (nSPS) is 13.2. The molecule has 0 radical (unpaired) electrons. The van der Waals surface area contributed by atoms with Crippen LogP contribution < -0.4 is 0 Å². The molecule has 0 rings (SSSR count).